The number of non-ortho nitro benzene ring substituents is 1. The van der Waals surface area contributed by atoms with Gasteiger partial charge in [-0.25, -0.2) is 4.79 Å². The maximum atomic E-state index is 12.2. The van der Waals surface area contributed by atoms with Crippen LogP contribution >= 0.6 is 11.6 Å². The molecule has 0 bridgehead atoms. The molecule has 0 aliphatic carbocycles. The number of hydrogen-bond acceptors (Lipinski definition) is 5. The normalized spacial score (nSPS) is 10.4. The molecule has 1 amide bonds. The minimum atomic E-state index is -0.706. The molecule has 0 fully saturated rings. The van der Waals surface area contributed by atoms with Gasteiger partial charge in [-0.3, -0.25) is 19.9 Å². The van der Waals surface area contributed by atoms with E-state index in [1.165, 1.54) is 12.1 Å². The summed E-state index contributed by atoms with van der Waals surface area (Å²) in [6.45, 7) is 0. The minimum absolute atomic E-state index is 0.00705. The highest BCUT2D eigenvalue weighted by Gasteiger charge is 2.17. The molecule has 25 heavy (non-hydrogen) atoms. The third-order valence-electron chi connectivity index (χ3n) is 3.25. The second-order valence-corrected chi connectivity index (χ2v) is 5.31. The van der Waals surface area contributed by atoms with E-state index < -0.39 is 16.5 Å². The summed E-state index contributed by atoms with van der Waals surface area (Å²) >= 11 is 5.92. The number of carbonyl (C=O) groups is 1. The number of anilines is 1. The predicted molar refractivity (Wildman–Crippen MR) is 90.2 cm³/mol. The number of amides is 1. The Hall–Kier alpha value is -3.46. The zero-order valence-corrected chi connectivity index (χ0v) is 13.2. The summed E-state index contributed by atoms with van der Waals surface area (Å²) in [5.74, 6) is -0.925. The molecule has 9 nitrogen and oxygen atoms in total. The summed E-state index contributed by atoms with van der Waals surface area (Å²) in [6, 6.07) is 12.2. The zero-order valence-electron chi connectivity index (χ0n) is 12.5. The number of rotatable bonds is 4. The van der Waals surface area contributed by atoms with E-state index in [9.17, 15) is 19.7 Å². The molecule has 2 aromatic carbocycles. The van der Waals surface area contributed by atoms with Gasteiger partial charge < -0.3 is 5.32 Å². The Balaban J connectivity index is 1.85. The first kappa shape index (κ1) is 16.4. The Kier molecular flexibility index (Phi) is 4.31. The van der Waals surface area contributed by atoms with Gasteiger partial charge in [0.1, 0.15) is 0 Å². The first-order valence-electron chi connectivity index (χ1n) is 6.96. The van der Waals surface area contributed by atoms with Gasteiger partial charge in [-0.1, -0.05) is 29.8 Å². The average Bonchev–Trinajstić information content (AvgIpc) is 2.99. The van der Waals surface area contributed by atoms with Crippen LogP contribution in [0.4, 0.5) is 11.4 Å². The van der Waals surface area contributed by atoms with Crippen molar-refractivity contribution in [3.63, 3.8) is 0 Å². The summed E-state index contributed by atoms with van der Waals surface area (Å²) < 4.78 is 1.05. The van der Waals surface area contributed by atoms with E-state index in [2.05, 4.69) is 15.4 Å². The van der Waals surface area contributed by atoms with E-state index in [1.54, 1.807) is 30.3 Å². The lowest BCUT2D eigenvalue weighted by Crippen LogP contribution is -2.16. The monoisotopic (exact) mass is 359 g/mol. The van der Waals surface area contributed by atoms with E-state index >= 15 is 0 Å². The number of nitro benzene ring substituents is 1. The Bertz CT molecular complexity index is 1010. The fraction of sp³-hybridized carbons (Fsp3) is 0. The van der Waals surface area contributed by atoms with Gasteiger partial charge >= 0.3 is 5.69 Å². The number of H-pyrrole nitrogens is 1. The lowest BCUT2D eigenvalue weighted by molar-refractivity contribution is -0.384. The number of aromatic nitrogens is 3. The van der Waals surface area contributed by atoms with Crippen molar-refractivity contribution in [2.24, 2.45) is 0 Å². The molecule has 0 unspecified atom stereocenters. The van der Waals surface area contributed by atoms with Crippen molar-refractivity contribution in [3.05, 3.63) is 80.0 Å². The fourth-order valence-electron chi connectivity index (χ4n) is 2.07. The molecular weight excluding hydrogens is 350 g/mol. The number of benzene rings is 2. The van der Waals surface area contributed by atoms with Gasteiger partial charge in [-0.2, -0.15) is 4.68 Å². The van der Waals surface area contributed by atoms with Gasteiger partial charge in [0.25, 0.3) is 11.6 Å². The Morgan fingerprint density at radius 3 is 2.60 bits per heavy atom. The number of nitrogens with one attached hydrogen (secondary N) is 2. The second-order valence-electron chi connectivity index (χ2n) is 4.90. The van der Waals surface area contributed by atoms with E-state index in [4.69, 9.17) is 11.6 Å². The van der Waals surface area contributed by atoms with Crippen molar-refractivity contribution in [1.82, 2.24) is 14.8 Å². The van der Waals surface area contributed by atoms with Crippen molar-refractivity contribution in [1.29, 1.82) is 0 Å². The van der Waals surface area contributed by atoms with E-state index in [0.717, 1.165) is 10.7 Å². The number of nitro groups is 1. The maximum absolute atomic E-state index is 12.2. The third kappa shape index (κ3) is 3.40. The molecule has 0 atom stereocenters. The maximum Gasteiger partial charge on any atom is 0.348 e. The largest absolute Gasteiger partial charge is 0.348 e. The molecule has 0 aliphatic heterocycles. The topological polar surface area (TPSA) is 123 Å². The number of aromatic amines is 1. The summed E-state index contributed by atoms with van der Waals surface area (Å²) in [5, 5.41) is 17.1. The molecule has 0 saturated heterocycles. The molecule has 0 saturated carbocycles. The zero-order chi connectivity index (χ0) is 18.0. The highest BCUT2D eigenvalue weighted by molar-refractivity contribution is 6.34. The fourth-order valence-corrected chi connectivity index (χ4v) is 2.29. The minimum Gasteiger partial charge on any atom is -0.318 e. The predicted octanol–water partition coefficient (Wildman–Crippen LogP) is 2.37. The summed E-state index contributed by atoms with van der Waals surface area (Å²) in [4.78, 5) is 36.6. The lowest BCUT2D eigenvalue weighted by atomic mass is 10.3. The average molecular weight is 360 g/mol. The van der Waals surface area contributed by atoms with Gasteiger partial charge in [0.05, 0.1) is 21.3 Å². The molecule has 1 aromatic heterocycles. The summed E-state index contributed by atoms with van der Waals surface area (Å²) in [6.07, 6.45) is 0. The molecule has 1 heterocycles. The van der Waals surface area contributed by atoms with Crippen LogP contribution in [-0.4, -0.2) is 25.6 Å². The van der Waals surface area contributed by atoms with Gasteiger partial charge in [0.2, 0.25) is 5.82 Å². The van der Waals surface area contributed by atoms with Crippen LogP contribution in [-0.2, 0) is 0 Å². The van der Waals surface area contributed by atoms with Crippen LogP contribution in [0.3, 0.4) is 0 Å². The standard InChI is InChI=1S/C15H10ClN5O4/c16-11-8-10(21(24)25)6-7-12(11)17-14(22)13-18-15(23)20(19-13)9-4-2-1-3-5-9/h1-8H,(H,17,22)(H,18,19,23). The van der Waals surface area contributed by atoms with Crippen molar-refractivity contribution >= 4 is 28.9 Å². The number of halogens is 1. The highest BCUT2D eigenvalue weighted by Crippen LogP contribution is 2.26. The SMILES string of the molecule is O=C(Nc1ccc([N+](=O)[O-])cc1Cl)c1nn(-c2ccccc2)c(=O)[nH]1. The summed E-state index contributed by atoms with van der Waals surface area (Å²) in [5.41, 5.74) is -0.126. The van der Waals surface area contributed by atoms with Gasteiger partial charge in [0, 0.05) is 12.1 Å². The molecule has 3 rings (SSSR count). The number of nitrogens with zero attached hydrogens (tertiary/aromatic N) is 3. The lowest BCUT2D eigenvalue weighted by Gasteiger charge is -2.05. The van der Waals surface area contributed by atoms with E-state index in [-0.39, 0.29) is 22.2 Å². The van der Waals surface area contributed by atoms with E-state index in [1.807, 2.05) is 0 Å². The van der Waals surface area contributed by atoms with Gasteiger partial charge in [-0.15, -0.1) is 5.10 Å². The number of carbonyl (C=O) groups excluding carboxylic acids is 1. The second kappa shape index (κ2) is 6.57. The first-order valence-corrected chi connectivity index (χ1v) is 7.33. The molecular formula is C15H10ClN5O4. The van der Waals surface area contributed by atoms with Crippen molar-refractivity contribution < 1.29 is 9.72 Å². The molecule has 3 aromatic rings. The smallest absolute Gasteiger partial charge is 0.318 e. The van der Waals surface area contributed by atoms with Crippen molar-refractivity contribution in [3.8, 4) is 5.69 Å². The van der Waals surface area contributed by atoms with Gasteiger partial charge in [-0.05, 0) is 18.2 Å². The molecule has 2 N–H and O–H groups in total. The molecule has 126 valence electrons. The molecule has 0 spiro atoms. The van der Waals surface area contributed by atoms with Gasteiger partial charge in [0.15, 0.2) is 0 Å². The van der Waals surface area contributed by atoms with Crippen LogP contribution in [0.5, 0.6) is 0 Å². The number of hydrogen-bond donors (Lipinski definition) is 2. The number of para-hydroxylation sites is 1. The van der Waals surface area contributed by atoms with Crippen molar-refractivity contribution in [2.75, 3.05) is 5.32 Å². The van der Waals surface area contributed by atoms with Crippen LogP contribution in [0.15, 0.2) is 53.3 Å². The van der Waals surface area contributed by atoms with Crippen LogP contribution in [0, 0.1) is 10.1 Å². The van der Waals surface area contributed by atoms with Crippen LogP contribution in [0.1, 0.15) is 10.6 Å². The molecule has 10 heteroatoms. The Morgan fingerprint density at radius 2 is 1.96 bits per heavy atom. The van der Waals surface area contributed by atoms with Crippen LogP contribution < -0.4 is 11.0 Å². The Labute approximate surface area is 145 Å². The Morgan fingerprint density at radius 1 is 1.24 bits per heavy atom. The molecule has 0 aliphatic rings. The van der Waals surface area contributed by atoms with E-state index in [0.29, 0.717) is 5.69 Å². The summed E-state index contributed by atoms with van der Waals surface area (Å²) in [7, 11) is 0. The van der Waals surface area contributed by atoms with Crippen molar-refractivity contribution in [2.45, 2.75) is 0 Å². The third-order valence-corrected chi connectivity index (χ3v) is 3.56. The van der Waals surface area contributed by atoms with Crippen LogP contribution in [0.25, 0.3) is 5.69 Å². The van der Waals surface area contributed by atoms with Crippen LogP contribution in [0.2, 0.25) is 5.02 Å². The first-order chi connectivity index (χ1) is 12.0. The quantitative estimate of drug-likeness (QED) is 0.546. The molecule has 0 radical (unpaired) electrons. The highest BCUT2D eigenvalue weighted by atomic mass is 35.5.